The van der Waals surface area contributed by atoms with Gasteiger partial charge in [-0.3, -0.25) is 0 Å². The Hall–Kier alpha value is -5.34. The second-order valence-electron chi connectivity index (χ2n) is 13.0. The molecule has 1 N–H and O–H groups in total. The normalized spacial score (nSPS) is 21.1. The second kappa shape index (κ2) is 11.8. The lowest BCUT2D eigenvalue weighted by Gasteiger charge is -2.28. The third-order valence-corrected chi connectivity index (χ3v) is 10.2. The van der Waals surface area contributed by atoms with Gasteiger partial charge in [0, 0.05) is 33.8 Å². The molecule has 2 nitrogen and oxygen atoms in total. The van der Waals surface area contributed by atoms with Crippen molar-refractivity contribution >= 4 is 27.4 Å². The van der Waals surface area contributed by atoms with E-state index >= 15 is 0 Å². The first-order valence-electron chi connectivity index (χ1n) is 16.9. The smallest absolute Gasteiger partial charge is 0.0541 e. The first-order chi connectivity index (χ1) is 23.1. The number of fused-ring (bicyclic) bond motifs is 5. The molecule has 2 aliphatic heterocycles. The van der Waals surface area contributed by atoms with Crippen LogP contribution in [0.15, 0.2) is 173 Å². The lowest BCUT2D eigenvalue weighted by molar-refractivity contribution is 0.662. The van der Waals surface area contributed by atoms with Crippen molar-refractivity contribution in [1.82, 2.24) is 9.88 Å². The molecule has 2 bridgehead atoms. The average Bonchev–Trinajstić information content (AvgIpc) is 3.42. The molecule has 1 aliphatic carbocycles. The molecule has 3 aliphatic rings. The molecule has 8 rings (SSSR count). The minimum atomic E-state index is 0.280. The standard InChI is InChI=1S/C45H40N2/c1-5-36-30(4)45(42-20-13-19-41(46-42)37(36)6-2)39-27-33(23-22-29(39)3)34-24-25-44-40(28-34)38-18-10-11-21-43(38)47(44)35-17-12-16-32(26-35)31-14-8-7-9-15-31/h5-21,23-30,46H,22H2,1-4H3/b36-5?,37-6+. The highest BCUT2D eigenvalue weighted by atomic mass is 15.0. The summed E-state index contributed by atoms with van der Waals surface area (Å²) in [5, 5.41) is 6.35. The molecule has 4 aromatic carbocycles. The molecule has 0 spiro atoms. The molecule has 2 heteroatoms. The van der Waals surface area contributed by atoms with E-state index in [4.69, 9.17) is 0 Å². The highest BCUT2D eigenvalue weighted by Gasteiger charge is 2.31. The molecule has 5 aromatic rings. The molecule has 3 heterocycles. The quantitative estimate of drug-likeness (QED) is 0.215. The van der Waals surface area contributed by atoms with Crippen LogP contribution in [0.5, 0.6) is 0 Å². The van der Waals surface area contributed by atoms with Gasteiger partial charge < -0.3 is 9.88 Å². The summed E-state index contributed by atoms with van der Waals surface area (Å²) in [6.45, 7) is 9.07. The summed E-state index contributed by atoms with van der Waals surface area (Å²) in [6, 6.07) is 35.4. The molecule has 230 valence electrons. The van der Waals surface area contributed by atoms with Crippen LogP contribution < -0.4 is 5.32 Å². The van der Waals surface area contributed by atoms with Gasteiger partial charge in [0.25, 0.3) is 0 Å². The summed E-state index contributed by atoms with van der Waals surface area (Å²) >= 11 is 0. The fourth-order valence-corrected chi connectivity index (χ4v) is 7.92. The minimum Gasteiger partial charge on any atom is -0.355 e. The Morgan fingerprint density at radius 1 is 0.745 bits per heavy atom. The first kappa shape index (κ1) is 29.1. The zero-order valence-corrected chi connectivity index (χ0v) is 27.6. The molecule has 0 amide bonds. The summed E-state index contributed by atoms with van der Waals surface area (Å²) < 4.78 is 2.42. The van der Waals surface area contributed by atoms with Gasteiger partial charge in [-0.15, -0.1) is 0 Å². The first-order valence-corrected chi connectivity index (χ1v) is 16.9. The Morgan fingerprint density at radius 2 is 1.53 bits per heavy atom. The number of hydrogen-bond donors (Lipinski definition) is 1. The Morgan fingerprint density at radius 3 is 2.36 bits per heavy atom. The highest BCUT2D eigenvalue weighted by molar-refractivity contribution is 6.10. The van der Waals surface area contributed by atoms with E-state index in [1.54, 1.807) is 0 Å². The van der Waals surface area contributed by atoms with E-state index in [1.807, 2.05) is 0 Å². The summed E-state index contributed by atoms with van der Waals surface area (Å²) in [5.41, 5.74) is 16.6. The number of allylic oxidation sites excluding steroid dienone is 11. The largest absolute Gasteiger partial charge is 0.355 e. The number of para-hydroxylation sites is 1. The van der Waals surface area contributed by atoms with Crippen LogP contribution in [-0.4, -0.2) is 4.57 Å². The van der Waals surface area contributed by atoms with Crippen molar-refractivity contribution in [2.45, 2.75) is 34.1 Å². The zero-order chi connectivity index (χ0) is 32.1. The predicted octanol–water partition coefficient (Wildman–Crippen LogP) is 11.6. The van der Waals surface area contributed by atoms with Crippen LogP contribution in [0.3, 0.4) is 0 Å². The summed E-state index contributed by atoms with van der Waals surface area (Å²) in [4.78, 5) is 0. The zero-order valence-electron chi connectivity index (χ0n) is 27.6. The number of benzene rings is 4. The lowest BCUT2D eigenvalue weighted by atomic mass is 9.76. The average molecular weight is 609 g/mol. The second-order valence-corrected chi connectivity index (χ2v) is 13.0. The van der Waals surface area contributed by atoms with Crippen molar-refractivity contribution in [1.29, 1.82) is 0 Å². The van der Waals surface area contributed by atoms with Gasteiger partial charge in [0.2, 0.25) is 0 Å². The fourth-order valence-electron chi connectivity index (χ4n) is 7.92. The van der Waals surface area contributed by atoms with E-state index in [9.17, 15) is 0 Å². The number of rotatable bonds is 4. The summed E-state index contributed by atoms with van der Waals surface area (Å²) in [7, 11) is 0. The maximum atomic E-state index is 3.79. The Kier molecular flexibility index (Phi) is 7.29. The van der Waals surface area contributed by atoms with E-state index in [-0.39, 0.29) is 5.92 Å². The number of nitrogens with zero attached hydrogens (tertiary/aromatic N) is 1. The van der Waals surface area contributed by atoms with Crippen LogP contribution in [0.1, 0.15) is 39.7 Å². The Labute approximate surface area is 278 Å². The molecular formula is C45H40N2. The molecule has 47 heavy (non-hydrogen) atoms. The summed E-state index contributed by atoms with van der Waals surface area (Å²) in [5.74, 6) is 0.712. The van der Waals surface area contributed by atoms with E-state index in [1.165, 1.54) is 83.4 Å². The SMILES string of the molecule is CC=C1/C(=C\C)C2=CC=CC(=C(C3=CC(c4ccc5c(c4)c4ccccc4n5-c4cccc(-c5ccccc5)c4)=CCC3C)C1C)N2. The number of dihydropyridines is 1. The van der Waals surface area contributed by atoms with Crippen molar-refractivity contribution in [2.75, 3.05) is 0 Å². The van der Waals surface area contributed by atoms with Crippen LogP contribution in [0, 0.1) is 11.8 Å². The van der Waals surface area contributed by atoms with E-state index in [0.717, 1.165) is 6.42 Å². The van der Waals surface area contributed by atoms with Gasteiger partial charge in [0.05, 0.1) is 11.0 Å². The summed E-state index contributed by atoms with van der Waals surface area (Å²) in [6.07, 6.45) is 17.1. The lowest BCUT2D eigenvalue weighted by Crippen LogP contribution is -2.18. The van der Waals surface area contributed by atoms with Crippen LogP contribution in [0.2, 0.25) is 0 Å². The Balaban J connectivity index is 1.25. The molecule has 0 fully saturated rings. The van der Waals surface area contributed by atoms with Crippen LogP contribution in [-0.2, 0) is 0 Å². The fraction of sp³-hybridized carbons (Fsp3) is 0.156. The van der Waals surface area contributed by atoms with E-state index in [2.05, 4.69) is 177 Å². The van der Waals surface area contributed by atoms with Gasteiger partial charge in [-0.25, -0.2) is 0 Å². The van der Waals surface area contributed by atoms with Crippen molar-refractivity contribution in [2.24, 2.45) is 11.8 Å². The van der Waals surface area contributed by atoms with Crippen LogP contribution >= 0.6 is 0 Å². The van der Waals surface area contributed by atoms with Gasteiger partial charge in [-0.2, -0.15) is 0 Å². The molecule has 2 unspecified atom stereocenters. The third kappa shape index (κ3) is 4.87. The van der Waals surface area contributed by atoms with Crippen molar-refractivity contribution in [3.63, 3.8) is 0 Å². The van der Waals surface area contributed by atoms with Crippen molar-refractivity contribution in [3.8, 4) is 16.8 Å². The van der Waals surface area contributed by atoms with Gasteiger partial charge >= 0.3 is 0 Å². The predicted molar refractivity (Wildman–Crippen MR) is 200 cm³/mol. The maximum Gasteiger partial charge on any atom is 0.0541 e. The van der Waals surface area contributed by atoms with Crippen molar-refractivity contribution < 1.29 is 0 Å². The molecule has 2 atom stereocenters. The number of nitrogens with one attached hydrogen (secondary N) is 1. The molecule has 0 saturated heterocycles. The topological polar surface area (TPSA) is 17.0 Å². The molecule has 0 saturated carbocycles. The van der Waals surface area contributed by atoms with Gasteiger partial charge in [-0.1, -0.05) is 111 Å². The van der Waals surface area contributed by atoms with E-state index < -0.39 is 0 Å². The van der Waals surface area contributed by atoms with Crippen LogP contribution in [0.4, 0.5) is 0 Å². The minimum absolute atomic E-state index is 0.280. The molecule has 0 radical (unpaired) electrons. The number of aromatic nitrogens is 1. The molecule has 1 aromatic heterocycles. The maximum absolute atomic E-state index is 3.79. The number of hydrogen-bond acceptors (Lipinski definition) is 1. The van der Waals surface area contributed by atoms with Gasteiger partial charge in [-0.05, 0) is 113 Å². The van der Waals surface area contributed by atoms with Crippen LogP contribution in [0.25, 0.3) is 44.2 Å². The molecular weight excluding hydrogens is 569 g/mol. The van der Waals surface area contributed by atoms with Gasteiger partial charge in [0.15, 0.2) is 0 Å². The third-order valence-electron chi connectivity index (χ3n) is 10.2. The van der Waals surface area contributed by atoms with E-state index in [0.29, 0.717) is 5.92 Å². The Bertz CT molecular complexity index is 2280. The van der Waals surface area contributed by atoms with Crippen molar-refractivity contribution in [3.05, 3.63) is 179 Å². The monoisotopic (exact) mass is 608 g/mol. The van der Waals surface area contributed by atoms with Gasteiger partial charge in [0.1, 0.15) is 0 Å². The highest BCUT2D eigenvalue weighted by Crippen LogP contribution is 2.44.